The molecule has 5 N–H and O–H groups in total. The van der Waals surface area contributed by atoms with Crippen molar-refractivity contribution in [1.29, 1.82) is 0 Å². The lowest BCUT2D eigenvalue weighted by molar-refractivity contribution is -0.158. The van der Waals surface area contributed by atoms with E-state index in [0.29, 0.717) is 6.42 Å². The van der Waals surface area contributed by atoms with Gasteiger partial charge in [0.2, 0.25) is 5.95 Å². The van der Waals surface area contributed by atoms with E-state index in [1.54, 1.807) is 0 Å². The van der Waals surface area contributed by atoms with Crippen molar-refractivity contribution in [1.82, 2.24) is 19.5 Å². The van der Waals surface area contributed by atoms with Gasteiger partial charge in [-0.3, -0.25) is 23.9 Å². The number of imidazole rings is 1. The highest BCUT2D eigenvalue weighted by atomic mass is 16.6. The van der Waals surface area contributed by atoms with E-state index in [4.69, 9.17) is 25.7 Å². The first-order chi connectivity index (χ1) is 19.2. The third kappa shape index (κ3) is 12.0. The number of hydrogen-bond acceptors (Lipinski definition) is 10. The number of nitrogens with two attached hydrogens (primary N) is 2. The fourth-order valence-electron chi connectivity index (χ4n) is 4.13. The van der Waals surface area contributed by atoms with Gasteiger partial charge in [0.05, 0.1) is 6.33 Å². The van der Waals surface area contributed by atoms with Crippen LogP contribution in [0.4, 0.5) is 5.95 Å². The number of carbonyl (C=O) groups is 2. The molecule has 1 unspecified atom stereocenters. The molecule has 0 aliphatic rings. The van der Waals surface area contributed by atoms with Crippen molar-refractivity contribution in [2.75, 3.05) is 18.9 Å². The number of aromatic nitrogens is 4. The lowest BCUT2D eigenvalue weighted by Gasteiger charge is -2.20. The van der Waals surface area contributed by atoms with E-state index >= 15 is 0 Å². The van der Waals surface area contributed by atoms with Gasteiger partial charge < -0.3 is 25.7 Å². The van der Waals surface area contributed by atoms with Crippen LogP contribution < -0.4 is 17.0 Å². The Morgan fingerprint density at radius 2 is 1.57 bits per heavy atom. The van der Waals surface area contributed by atoms with Crippen molar-refractivity contribution in [3.8, 4) is 0 Å². The molecule has 2 rings (SSSR count). The number of unbranched alkanes of at least 4 members (excludes halogenated alkanes) is 10. The molecule has 2 heterocycles. The third-order valence-electron chi connectivity index (χ3n) is 6.76. The lowest BCUT2D eigenvalue weighted by Crippen LogP contribution is -2.39. The van der Waals surface area contributed by atoms with Crippen molar-refractivity contribution < 1.29 is 23.8 Å². The van der Waals surface area contributed by atoms with Gasteiger partial charge in [0.25, 0.3) is 5.56 Å². The molecule has 2 aromatic rings. The summed E-state index contributed by atoms with van der Waals surface area (Å²) in [5.74, 6) is -1.04. The van der Waals surface area contributed by atoms with Gasteiger partial charge in [0.15, 0.2) is 11.2 Å². The van der Waals surface area contributed by atoms with Gasteiger partial charge in [0.1, 0.15) is 32.1 Å². The summed E-state index contributed by atoms with van der Waals surface area (Å²) >= 11 is 0. The molecule has 0 aromatic carbocycles. The van der Waals surface area contributed by atoms with Crippen molar-refractivity contribution in [2.24, 2.45) is 11.7 Å². The largest absolute Gasteiger partial charge is 0.463 e. The van der Waals surface area contributed by atoms with Gasteiger partial charge in [-0.1, -0.05) is 85.0 Å². The maximum Gasteiger partial charge on any atom is 0.323 e. The lowest BCUT2D eigenvalue weighted by atomic mass is 10.1. The number of nitrogens with zero attached hydrogens (tertiary/aromatic N) is 3. The number of esters is 2. The molecule has 226 valence electrons. The number of hydrogen-bond donors (Lipinski definition) is 3. The summed E-state index contributed by atoms with van der Waals surface area (Å²) in [7, 11) is 0. The average molecular weight is 565 g/mol. The second-order valence-corrected chi connectivity index (χ2v) is 10.6. The number of aromatic amines is 1. The number of H-pyrrole nitrogens is 1. The molecule has 2 aromatic heterocycles. The average Bonchev–Trinajstić information content (AvgIpc) is 3.33. The van der Waals surface area contributed by atoms with Crippen LogP contribution in [-0.2, 0) is 30.5 Å². The predicted molar refractivity (Wildman–Crippen MR) is 153 cm³/mol. The quantitative estimate of drug-likeness (QED) is 0.149. The van der Waals surface area contributed by atoms with Gasteiger partial charge in [-0.25, -0.2) is 4.98 Å². The first-order valence-electron chi connectivity index (χ1n) is 14.6. The molecule has 12 heteroatoms. The Bertz CT molecular complexity index is 1080. The van der Waals surface area contributed by atoms with Crippen LogP contribution in [0.3, 0.4) is 0 Å². The first-order valence-corrected chi connectivity index (χ1v) is 14.6. The highest BCUT2D eigenvalue weighted by Crippen LogP contribution is 2.13. The Morgan fingerprint density at radius 3 is 2.20 bits per heavy atom. The number of carbonyl (C=O) groups excluding carboxylic acids is 2. The molecule has 40 heavy (non-hydrogen) atoms. The van der Waals surface area contributed by atoms with Crippen LogP contribution in [0.2, 0.25) is 0 Å². The highest BCUT2D eigenvalue weighted by molar-refractivity contribution is 5.75. The fraction of sp³-hybridized carbons (Fsp3) is 0.750. The van der Waals surface area contributed by atoms with Crippen LogP contribution in [0.15, 0.2) is 11.1 Å². The predicted octanol–water partition coefficient (Wildman–Crippen LogP) is 3.82. The highest BCUT2D eigenvalue weighted by Gasteiger charge is 2.22. The smallest absolute Gasteiger partial charge is 0.323 e. The molecule has 0 radical (unpaired) electrons. The first kappa shape index (κ1) is 33.2. The molecule has 0 aliphatic heterocycles. The summed E-state index contributed by atoms with van der Waals surface area (Å²) in [4.78, 5) is 47.1. The molecule has 0 bridgehead atoms. The van der Waals surface area contributed by atoms with E-state index in [1.807, 2.05) is 13.8 Å². The summed E-state index contributed by atoms with van der Waals surface area (Å²) in [6, 6.07) is -0.777. The summed E-state index contributed by atoms with van der Waals surface area (Å²) in [5, 5.41) is 0. The van der Waals surface area contributed by atoms with Crippen molar-refractivity contribution in [2.45, 2.75) is 117 Å². The number of ether oxygens (including phenoxy) is 3. The minimum absolute atomic E-state index is 0.0521. The molecule has 2 atom stereocenters. The van der Waals surface area contributed by atoms with Crippen LogP contribution in [0.1, 0.15) is 97.8 Å². The number of fused-ring (bicyclic) bond motifs is 1. The second kappa shape index (κ2) is 18.4. The van der Waals surface area contributed by atoms with Gasteiger partial charge >= 0.3 is 11.9 Å². The topological polar surface area (TPSA) is 177 Å². The zero-order valence-electron chi connectivity index (χ0n) is 24.4. The monoisotopic (exact) mass is 564 g/mol. The molecule has 0 amide bonds. The molecule has 0 fully saturated rings. The minimum atomic E-state index is -0.777. The minimum Gasteiger partial charge on any atom is -0.463 e. The number of anilines is 1. The van der Waals surface area contributed by atoms with E-state index in [1.165, 1.54) is 62.3 Å². The summed E-state index contributed by atoms with van der Waals surface area (Å²) in [5.41, 5.74) is 11.4. The molecule has 0 aliphatic carbocycles. The summed E-state index contributed by atoms with van der Waals surface area (Å²) in [6.45, 7) is 5.52. The summed E-state index contributed by atoms with van der Waals surface area (Å²) in [6.07, 6.45) is 14.1. The van der Waals surface area contributed by atoms with E-state index in [2.05, 4.69) is 21.9 Å². The van der Waals surface area contributed by atoms with Gasteiger partial charge in [-0.05, 0) is 12.3 Å². The van der Waals surface area contributed by atoms with Crippen LogP contribution in [-0.4, -0.2) is 56.8 Å². The molecular formula is C28H48N6O6. The number of rotatable bonds is 21. The van der Waals surface area contributed by atoms with Gasteiger partial charge in [-0.15, -0.1) is 0 Å². The van der Waals surface area contributed by atoms with E-state index < -0.39 is 23.7 Å². The SMILES string of the molecule is CCCCCCCCCCCCCC(=O)OCC(COC(=O)[C@@H](N)C(C)C)OCn1cnc2c(=O)[nH]c(N)nc21. The zero-order valence-corrected chi connectivity index (χ0v) is 24.4. The molecule has 0 saturated carbocycles. The number of nitrogen functional groups attached to an aromatic ring is 1. The van der Waals surface area contributed by atoms with E-state index in [-0.39, 0.29) is 48.9 Å². The Labute approximate surface area is 236 Å². The molecular weight excluding hydrogens is 516 g/mol. The van der Waals surface area contributed by atoms with Gasteiger partial charge in [0, 0.05) is 6.42 Å². The van der Waals surface area contributed by atoms with Crippen LogP contribution >= 0.6 is 0 Å². The van der Waals surface area contributed by atoms with E-state index in [9.17, 15) is 14.4 Å². The summed E-state index contributed by atoms with van der Waals surface area (Å²) < 4.78 is 18.1. The number of nitrogens with one attached hydrogen (secondary N) is 1. The standard InChI is InChI=1S/C28H48N6O6/c1-4-5-6-7-8-9-10-11-12-13-14-15-22(35)38-16-21(17-39-27(37)23(29)20(2)3)40-19-34-18-31-24-25(34)32-28(30)33-26(24)36/h18,20-21,23H,4-17,19,29H2,1-3H3,(H3,30,32,33,36)/t21?,23-/m0/s1. The second-order valence-electron chi connectivity index (χ2n) is 10.6. The normalized spacial score (nSPS) is 13.0. The Balaban J connectivity index is 1.78. The van der Waals surface area contributed by atoms with Crippen molar-refractivity contribution in [3.63, 3.8) is 0 Å². The molecule has 0 saturated heterocycles. The maximum atomic E-state index is 12.3. The maximum absolute atomic E-state index is 12.3. The van der Waals surface area contributed by atoms with Crippen molar-refractivity contribution in [3.05, 3.63) is 16.7 Å². The molecule has 0 spiro atoms. The fourth-order valence-corrected chi connectivity index (χ4v) is 4.13. The molecule has 12 nitrogen and oxygen atoms in total. The van der Waals surface area contributed by atoms with Gasteiger partial charge in [-0.2, -0.15) is 4.98 Å². The van der Waals surface area contributed by atoms with Crippen LogP contribution in [0, 0.1) is 5.92 Å². The van der Waals surface area contributed by atoms with Crippen LogP contribution in [0.5, 0.6) is 0 Å². The zero-order chi connectivity index (χ0) is 29.3. The Kier molecular flexibility index (Phi) is 15.3. The Hall–Kier alpha value is -2.99. The van der Waals surface area contributed by atoms with Crippen LogP contribution in [0.25, 0.3) is 11.2 Å². The van der Waals surface area contributed by atoms with E-state index in [0.717, 1.165) is 19.3 Å². The Morgan fingerprint density at radius 1 is 0.975 bits per heavy atom. The van der Waals surface area contributed by atoms with Crippen molar-refractivity contribution >= 4 is 29.1 Å². The third-order valence-corrected chi connectivity index (χ3v) is 6.76.